The Morgan fingerprint density at radius 3 is 2.47 bits per heavy atom. The molecule has 0 spiro atoms. The average molecular weight is 469 g/mol. The van der Waals surface area contributed by atoms with Crippen molar-refractivity contribution in [1.82, 2.24) is 15.0 Å². The number of aromatic nitrogens is 3. The van der Waals surface area contributed by atoms with Gasteiger partial charge in [0.1, 0.15) is 15.2 Å². The quantitative estimate of drug-likeness (QED) is 0.342. The first-order valence-corrected chi connectivity index (χ1v) is 12.4. The minimum Gasteiger partial charge on any atom is -0.382 e. The number of halogens is 1. The standard InChI is InChI=1S/C24H29ClN6S/c1-3-31(4-2)24-23(28-18-10-6-5-7-11-18)30-22(16-26-24)32-21-15-19(14-20(25)29-21)27-17-12-8-9-13-17/h5-7,10-11,14-17H,3-4,8-9,12-13H2,1-2H3,(H,27,29)(H,28,30). The van der Waals surface area contributed by atoms with Gasteiger partial charge in [-0.2, -0.15) is 0 Å². The maximum absolute atomic E-state index is 6.33. The van der Waals surface area contributed by atoms with E-state index in [-0.39, 0.29) is 0 Å². The number of rotatable bonds is 9. The first-order valence-electron chi connectivity index (χ1n) is 11.2. The summed E-state index contributed by atoms with van der Waals surface area (Å²) in [6.45, 7) is 5.95. The minimum atomic E-state index is 0.478. The van der Waals surface area contributed by atoms with Crippen LogP contribution in [0.15, 0.2) is 58.7 Å². The van der Waals surface area contributed by atoms with E-state index < -0.39 is 0 Å². The number of nitrogens with one attached hydrogen (secondary N) is 2. The van der Waals surface area contributed by atoms with Gasteiger partial charge in [0.2, 0.25) is 0 Å². The van der Waals surface area contributed by atoms with Crippen molar-refractivity contribution in [2.24, 2.45) is 0 Å². The van der Waals surface area contributed by atoms with E-state index in [1.54, 1.807) is 6.20 Å². The van der Waals surface area contributed by atoms with Gasteiger partial charge >= 0.3 is 0 Å². The zero-order valence-corrected chi connectivity index (χ0v) is 20.1. The summed E-state index contributed by atoms with van der Waals surface area (Å²) in [5, 5.41) is 9.07. The number of benzene rings is 1. The van der Waals surface area contributed by atoms with Crippen molar-refractivity contribution in [2.45, 2.75) is 55.6 Å². The van der Waals surface area contributed by atoms with E-state index in [1.165, 1.54) is 37.4 Å². The van der Waals surface area contributed by atoms with Crippen LogP contribution in [0.2, 0.25) is 5.15 Å². The van der Waals surface area contributed by atoms with E-state index in [1.807, 2.05) is 42.5 Å². The van der Waals surface area contributed by atoms with Crippen LogP contribution in [-0.4, -0.2) is 34.1 Å². The highest BCUT2D eigenvalue weighted by Crippen LogP contribution is 2.33. The summed E-state index contributed by atoms with van der Waals surface area (Å²) in [5.41, 5.74) is 1.98. The SMILES string of the molecule is CCN(CC)c1ncc(Sc2cc(NC3CCCC3)cc(Cl)n2)nc1Nc1ccccc1. The van der Waals surface area contributed by atoms with E-state index in [4.69, 9.17) is 21.6 Å². The third-order valence-corrected chi connectivity index (χ3v) is 6.55. The molecule has 4 rings (SSSR count). The summed E-state index contributed by atoms with van der Waals surface area (Å²) in [7, 11) is 0. The molecule has 6 nitrogen and oxygen atoms in total. The molecule has 1 aliphatic carbocycles. The van der Waals surface area contributed by atoms with Crippen LogP contribution in [-0.2, 0) is 0 Å². The van der Waals surface area contributed by atoms with E-state index in [0.29, 0.717) is 11.2 Å². The van der Waals surface area contributed by atoms with E-state index in [2.05, 4.69) is 34.4 Å². The third-order valence-electron chi connectivity index (χ3n) is 5.54. The second-order valence-electron chi connectivity index (χ2n) is 7.79. The molecule has 0 unspecified atom stereocenters. The topological polar surface area (TPSA) is 66.0 Å². The molecule has 0 saturated heterocycles. The minimum absolute atomic E-state index is 0.478. The van der Waals surface area contributed by atoms with Crippen LogP contribution in [0.25, 0.3) is 0 Å². The zero-order chi connectivity index (χ0) is 22.3. The number of para-hydroxylation sites is 1. The highest BCUT2D eigenvalue weighted by Gasteiger charge is 2.17. The van der Waals surface area contributed by atoms with E-state index >= 15 is 0 Å². The van der Waals surface area contributed by atoms with Crippen molar-refractivity contribution in [3.63, 3.8) is 0 Å². The molecule has 1 aromatic carbocycles. The fourth-order valence-corrected chi connectivity index (χ4v) is 4.98. The van der Waals surface area contributed by atoms with Crippen molar-refractivity contribution in [2.75, 3.05) is 28.6 Å². The molecule has 0 atom stereocenters. The summed E-state index contributed by atoms with van der Waals surface area (Å²) in [5.74, 6) is 1.57. The molecule has 0 radical (unpaired) electrons. The number of hydrogen-bond donors (Lipinski definition) is 2. The van der Waals surface area contributed by atoms with Crippen LogP contribution in [0.5, 0.6) is 0 Å². The molecule has 2 heterocycles. The van der Waals surface area contributed by atoms with Crippen molar-refractivity contribution in [3.8, 4) is 0 Å². The van der Waals surface area contributed by atoms with Crippen molar-refractivity contribution in [3.05, 3.63) is 53.8 Å². The van der Waals surface area contributed by atoms with Gasteiger partial charge in [-0.15, -0.1) is 0 Å². The molecule has 0 amide bonds. The third kappa shape index (κ3) is 5.84. The van der Waals surface area contributed by atoms with Gasteiger partial charge in [-0.25, -0.2) is 15.0 Å². The van der Waals surface area contributed by atoms with Crippen molar-refractivity contribution < 1.29 is 0 Å². The maximum atomic E-state index is 6.33. The van der Waals surface area contributed by atoms with Crippen LogP contribution in [0.1, 0.15) is 39.5 Å². The molecular formula is C24H29ClN6S. The van der Waals surface area contributed by atoms with Gasteiger partial charge in [-0.1, -0.05) is 42.6 Å². The first-order chi connectivity index (χ1) is 15.6. The Kier molecular flexibility index (Phi) is 7.71. The Hall–Kier alpha value is -2.51. The second-order valence-corrected chi connectivity index (χ2v) is 9.22. The summed E-state index contributed by atoms with van der Waals surface area (Å²) in [6, 6.07) is 14.5. The van der Waals surface area contributed by atoms with Gasteiger partial charge in [0.25, 0.3) is 0 Å². The normalized spacial score (nSPS) is 13.8. The summed E-state index contributed by atoms with van der Waals surface area (Å²) in [4.78, 5) is 16.3. The summed E-state index contributed by atoms with van der Waals surface area (Å²) >= 11 is 7.79. The molecule has 1 saturated carbocycles. The predicted molar refractivity (Wildman–Crippen MR) is 135 cm³/mol. The molecule has 168 valence electrons. The molecule has 1 fully saturated rings. The molecule has 32 heavy (non-hydrogen) atoms. The number of anilines is 4. The van der Waals surface area contributed by atoms with Crippen molar-refractivity contribution >= 4 is 46.4 Å². The van der Waals surface area contributed by atoms with E-state index in [0.717, 1.165) is 46.2 Å². The van der Waals surface area contributed by atoms with Crippen LogP contribution >= 0.6 is 23.4 Å². The van der Waals surface area contributed by atoms with Crippen LogP contribution < -0.4 is 15.5 Å². The largest absolute Gasteiger partial charge is 0.382 e. The van der Waals surface area contributed by atoms with Gasteiger partial charge in [-0.3, -0.25) is 0 Å². The second kappa shape index (κ2) is 10.9. The fraction of sp³-hybridized carbons (Fsp3) is 0.375. The van der Waals surface area contributed by atoms with Gasteiger partial charge in [0, 0.05) is 30.5 Å². The molecule has 3 aromatic rings. The Morgan fingerprint density at radius 2 is 1.75 bits per heavy atom. The predicted octanol–water partition coefficient (Wildman–Crippen LogP) is 6.62. The first kappa shape index (κ1) is 22.7. The van der Waals surface area contributed by atoms with Crippen molar-refractivity contribution in [1.29, 1.82) is 0 Å². The molecule has 1 aliphatic rings. The van der Waals surface area contributed by atoms with Crippen LogP contribution in [0, 0.1) is 0 Å². The lowest BCUT2D eigenvalue weighted by molar-refractivity contribution is 0.754. The van der Waals surface area contributed by atoms with Gasteiger partial charge in [0.05, 0.1) is 6.20 Å². The molecule has 8 heteroatoms. The lowest BCUT2D eigenvalue weighted by Crippen LogP contribution is -2.24. The smallest absolute Gasteiger partial charge is 0.174 e. The lowest BCUT2D eigenvalue weighted by atomic mass is 10.2. The highest BCUT2D eigenvalue weighted by atomic mass is 35.5. The van der Waals surface area contributed by atoms with Crippen LogP contribution in [0.4, 0.5) is 23.0 Å². The molecule has 0 bridgehead atoms. The lowest BCUT2D eigenvalue weighted by Gasteiger charge is -2.22. The highest BCUT2D eigenvalue weighted by molar-refractivity contribution is 7.99. The van der Waals surface area contributed by atoms with Crippen LogP contribution in [0.3, 0.4) is 0 Å². The number of hydrogen-bond acceptors (Lipinski definition) is 7. The van der Waals surface area contributed by atoms with Gasteiger partial charge < -0.3 is 15.5 Å². The Bertz CT molecular complexity index is 1020. The molecule has 0 aliphatic heterocycles. The number of pyridine rings is 1. The average Bonchev–Trinajstić information content (AvgIpc) is 3.29. The van der Waals surface area contributed by atoms with E-state index in [9.17, 15) is 0 Å². The molecule has 2 N–H and O–H groups in total. The monoisotopic (exact) mass is 468 g/mol. The molecular weight excluding hydrogens is 440 g/mol. The summed E-state index contributed by atoms with van der Waals surface area (Å²) < 4.78 is 0. The molecule has 2 aromatic heterocycles. The Balaban J connectivity index is 1.59. The summed E-state index contributed by atoms with van der Waals surface area (Å²) in [6.07, 6.45) is 6.78. The van der Waals surface area contributed by atoms with Gasteiger partial charge in [-0.05, 0) is 62.7 Å². The maximum Gasteiger partial charge on any atom is 0.174 e. The zero-order valence-electron chi connectivity index (χ0n) is 18.5. The number of nitrogens with zero attached hydrogens (tertiary/aromatic N) is 4. The Labute approximate surface area is 199 Å². The van der Waals surface area contributed by atoms with Gasteiger partial charge in [0.15, 0.2) is 11.6 Å². The fourth-order valence-electron chi connectivity index (χ4n) is 3.93. The Morgan fingerprint density at radius 1 is 1.00 bits per heavy atom.